The summed E-state index contributed by atoms with van der Waals surface area (Å²) in [5, 5.41) is 18.4. The largest absolute Gasteiger partial charge is 0.331 e. The van der Waals surface area contributed by atoms with E-state index in [1.165, 1.54) is 17.7 Å². The average molecular weight is 342 g/mol. The number of hydrogen-bond acceptors (Lipinski definition) is 4. The lowest BCUT2D eigenvalue weighted by atomic mass is 10.1. The molecule has 0 saturated carbocycles. The van der Waals surface area contributed by atoms with E-state index in [-0.39, 0.29) is 5.69 Å². The van der Waals surface area contributed by atoms with Crippen molar-refractivity contribution in [2.75, 3.05) is 5.32 Å². The molecule has 0 aliphatic rings. The van der Waals surface area contributed by atoms with Crippen molar-refractivity contribution in [3.8, 4) is 0 Å². The van der Waals surface area contributed by atoms with Crippen LogP contribution in [-0.2, 0) is 0 Å². The molecule has 2 aromatic carbocycles. The van der Waals surface area contributed by atoms with Gasteiger partial charge >= 0.3 is 0 Å². The zero-order chi connectivity index (χ0) is 17.7. The van der Waals surface area contributed by atoms with Crippen molar-refractivity contribution in [3.63, 3.8) is 0 Å². The molecule has 0 fully saturated rings. The van der Waals surface area contributed by atoms with Crippen LogP contribution in [0.2, 0.25) is 0 Å². The number of benzene rings is 2. The molecule has 2 rings (SSSR count). The minimum Gasteiger partial charge on any atom is -0.331 e. The fourth-order valence-electron chi connectivity index (χ4n) is 2.15. The van der Waals surface area contributed by atoms with Gasteiger partial charge in [0.25, 0.3) is 5.69 Å². The molecule has 0 saturated heterocycles. The summed E-state index contributed by atoms with van der Waals surface area (Å²) in [5.74, 6) is 0. The third-order valence-electron chi connectivity index (χ3n) is 3.43. The van der Waals surface area contributed by atoms with Gasteiger partial charge in [0.1, 0.15) is 0 Å². The van der Waals surface area contributed by atoms with Crippen LogP contribution in [0.25, 0.3) is 0 Å². The summed E-state index contributed by atoms with van der Waals surface area (Å²) in [6.07, 6.45) is 0. The Balaban J connectivity index is 2.05. The van der Waals surface area contributed by atoms with Gasteiger partial charge in [-0.1, -0.05) is 29.8 Å². The van der Waals surface area contributed by atoms with Crippen molar-refractivity contribution >= 4 is 34.4 Å². The average Bonchev–Trinajstić information content (AvgIpc) is 2.55. The quantitative estimate of drug-likeness (QED) is 0.381. The first kappa shape index (κ1) is 17.6. The smallest absolute Gasteiger partial charge is 0.270 e. The van der Waals surface area contributed by atoms with Gasteiger partial charge in [0.15, 0.2) is 5.11 Å². The molecule has 0 aliphatic heterocycles. The number of nitro groups is 1. The van der Waals surface area contributed by atoms with Crippen LogP contribution in [0, 0.1) is 24.0 Å². The fourth-order valence-corrected chi connectivity index (χ4v) is 2.30. The first-order chi connectivity index (χ1) is 11.4. The molecule has 0 aromatic heterocycles. The van der Waals surface area contributed by atoms with Crippen LogP contribution in [0.4, 0.5) is 11.4 Å². The van der Waals surface area contributed by atoms with Crippen LogP contribution < -0.4 is 10.7 Å². The van der Waals surface area contributed by atoms with E-state index in [2.05, 4.69) is 21.9 Å². The molecule has 2 aromatic rings. The van der Waals surface area contributed by atoms with E-state index >= 15 is 0 Å². The van der Waals surface area contributed by atoms with E-state index < -0.39 is 4.92 Å². The molecule has 6 nitrogen and oxygen atoms in total. The summed E-state index contributed by atoms with van der Waals surface area (Å²) in [5.41, 5.74) is 7.21. The van der Waals surface area contributed by atoms with Gasteiger partial charge in [-0.3, -0.25) is 15.5 Å². The van der Waals surface area contributed by atoms with Crippen LogP contribution in [0.5, 0.6) is 0 Å². The molecule has 0 radical (unpaired) electrons. The Bertz CT molecular complexity index is 818. The Kier molecular flexibility index (Phi) is 5.59. The van der Waals surface area contributed by atoms with Crippen molar-refractivity contribution in [1.82, 2.24) is 5.43 Å². The first-order valence-electron chi connectivity index (χ1n) is 7.30. The van der Waals surface area contributed by atoms with Gasteiger partial charge in [-0.2, -0.15) is 5.10 Å². The van der Waals surface area contributed by atoms with Gasteiger partial charge in [-0.25, -0.2) is 0 Å². The summed E-state index contributed by atoms with van der Waals surface area (Å²) in [6.45, 7) is 5.78. The van der Waals surface area contributed by atoms with E-state index in [1.54, 1.807) is 19.1 Å². The number of non-ortho nitro benzene ring substituents is 1. The van der Waals surface area contributed by atoms with Gasteiger partial charge in [-0.05, 0) is 44.6 Å². The summed E-state index contributed by atoms with van der Waals surface area (Å²) in [4.78, 5) is 10.4. The number of nitrogens with one attached hydrogen (secondary N) is 2. The molecule has 0 aliphatic carbocycles. The van der Waals surface area contributed by atoms with Crippen molar-refractivity contribution in [1.29, 1.82) is 0 Å². The summed E-state index contributed by atoms with van der Waals surface area (Å²) >= 11 is 5.23. The standard InChI is InChI=1S/C17H18N4O2S/c1-11-7-8-16(12(2)9-11)18-17(24)20-19-13(3)14-5-4-6-15(10-14)21(22)23/h4-10H,1-3H3,(H2,18,20,24). The van der Waals surface area contributed by atoms with E-state index in [4.69, 9.17) is 12.2 Å². The maximum Gasteiger partial charge on any atom is 0.270 e. The summed E-state index contributed by atoms with van der Waals surface area (Å²) < 4.78 is 0. The SMILES string of the molecule is CC(=NNC(=S)Nc1ccc(C)cc1C)c1cccc([N+](=O)[O-])c1. The van der Waals surface area contributed by atoms with Crippen molar-refractivity contribution in [3.05, 3.63) is 69.3 Å². The topological polar surface area (TPSA) is 79.6 Å². The molecule has 0 heterocycles. The highest BCUT2D eigenvalue weighted by atomic mass is 32.1. The normalized spacial score (nSPS) is 11.0. The number of anilines is 1. The van der Waals surface area contributed by atoms with Crippen molar-refractivity contribution in [2.45, 2.75) is 20.8 Å². The van der Waals surface area contributed by atoms with Crippen molar-refractivity contribution in [2.24, 2.45) is 5.10 Å². The zero-order valence-electron chi connectivity index (χ0n) is 13.7. The van der Waals surface area contributed by atoms with Crippen molar-refractivity contribution < 1.29 is 4.92 Å². The lowest BCUT2D eigenvalue weighted by Gasteiger charge is -2.11. The van der Waals surface area contributed by atoms with Crippen LogP contribution in [0.3, 0.4) is 0 Å². The lowest BCUT2D eigenvalue weighted by molar-refractivity contribution is -0.384. The molecule has 124 valence electrons. The Morgan fingerprint density at radius 2 is 1.96 bits per heavy atom. The molecule has 0 bridgehead atoms. The van der Waals surface area contributed by atoms with Gasteiger partial charge < -0.3 is 5.32 Å². The lowest BCUT2D eigenvalue weighted by Crippen LogP contribution is -2.25. The Labute approximate surface area is 145 Å². The molecular weight excluding hydrogens is 324 g/mol. The molecule has 0 amide bonds. The minimum atomic E-state index is -0.434. The number of aryl methyl sites for hydroxylation is 2. The fraction of sp³-hybridized carbons (Fsp3) is 0.176. The minimum absolute atomic E-state index is 0.0260. The van der Waals surface area contributed by atoms with Crippen LogP contribution in [0.15, 0.2) is 47.6 Å². The number of nitrogens with zero attached hydrogens (tertiary/aromatic N) is 2. The maximum absolute atomic E-state index is 10.8. The summed E-state index contributed by atoms with van der Waals surface area (Å²) in [7, 11) is 0. The molecule has 2 N–H and O–H groups in total. The van der Waals surface area contributed by atoms with Gasteiger partial charge in [0, 0.05) is 23.4 Å². The third-order valence-corrected chi connectivity index (χ3v) is 3.62. The van der Waals surface area contributed by atoms with Crippen LogP contribution in [-0.4, -0.2) is 15.7 Å². The molecule has 24 heavy (non-hydrogen) atoms. The molecule has 0 spiro atoms. The number of nitro benzene ring substituents is 1. The highest BCUT2D eigenvalue weighted by Gasteiger charge is 2.07. The predicted molar refractivity (Wildman–Crippen MR) is 101 cm³/mol. The van der Waals surface area contributed by atoms with Crippen LogP contribution >= 0.6 is 12.2 Å². The van der Waals surface area contributed by atoms with E-state index in [0.717, 1.165) is 11.3 Å². The Morgan fingerprint density at radius 1 is 1.21 bits per heavy atom. The number of hydrazone groups is 1. The number of hydrogen-bond donors (Lipinski definition) is 2. The summed E-state index contributed by atoms with van der Waals surface area (Å²) in [6, 6.07) is 12.3. The number of rotatable bonds is 4. The molecule has 0 atom stereocenters. The Morgan fingerprint density at radius 3 is 2.62 bits per heavy atom. The highest BCUT2D eigenvalue weighted by molar-refractivity contribution is 7.80. The monoisotopic (exact) mass is 342 g/mol. The first-order valence-corrected chi connectivity index (χ1v) is 7.71. The molecule has 7 heteroatoms. The third kappa shape index (κ3) is 4.60. The molecule has 0 unspecified atom stereocenters. The van der Waals surface area contributed by atoms with Gasteiger partial charge in [0.05, 0.1) is 10.6 Å². The van der Waals surface area contributed by atoms with Gasteiger partial charge in [-0.15, -0.1) is 0 Å². The second-order valence-corrected chi connectivity index (χ2v) is 5.80. The van der Waals surface area contributed by atoms with E-state index in [1.807, 2.05) is 26.0 Å². The highest BCUT2D eigenvalue weighted by Crippen LogP contribution is 2.16. The Hall–Kier alpha value is -2.80. The van der Waals surface area contributed by atoms with Crippen LogP contribution in [0.1, 0.15) is 23.6 Å². The second-order valence-electron chi connectivity index (χ2n) is 5.39. The van der Waals surface area contributed by atoms with Gasteiger partial charge in [0.2, 0.25) is 0 Å². The molecular formula is C17H18N4O2S. The maximum atomic E-state index is 10.8. The second kappa shape index (κ2) is 7.65. The predicted octanol–water partition coefficient (Wildman–Crippen LogP) is 3.92. The zero-order valence-corrected chi connectivity index (χ0v) is 14.5. The van der Waals surface area contributed by atoms with E-state index in [9.17, 15) is 10.1 Å². The number of thiocarbonyl (C=S) groups is 1. The van der Waals surface area contributed by atoms with E-state index in [0.29, 0.717) is 16.4 Å².